The molecule has 12 heteroatoms. The summed E-state index contributed by atoms with van der Waals surface area (Å²) in [6.07, 6.45) is -0.652. The number of aliphatic hydroxyl groups excluding tert-OH is 1. The zero-order valence-corrected chi connectivity index (χ0v) is 17.2. The minimum Gasteiger partial charge on any atom is -0.386 e. The number of benzene rings is 1. The highest BCUT2D eigenvalue weighted by atomic mass is 32.2. The van der Waals surface area contributed by atoms with E-state index in [0.29, 0.717) is 0 Å². The maximum absolute atomic E-state index is 13.3. The van der Waals surface area contributed by atoms with Crippen molar-refractivity contribution in [1.29, 1.82) is 0 Å². The first-order valence-electron chi connectivity index (χ1n) is 8.95. The average Bonchev–Trinajstić information content (AvgIpc) is 2.92. The Balaban J connectivity index is 2.23. The molecule has 1 atom stereocenters. The number of anilines is 2. The predicted molar refractivity (Wildman–Crippen MR) is 106 cm³/mol. The summed E-state index contributed by atoms with van der Waals surface area (Å²) in [5.41, 5.74) is -0.295. The van der Waals surface area contributed by atoms with Crippen molar-refractivity contribution in [3.8, 4) is 0 Å². The summed E-state index contributed by atoms with van der Waals surface area (Å²) in [7, 11) is -4.17. The van der Waals surface area contributed by atoms with E-state index in [1.807, 2.05) is 0 Å². The third-order valence-electron chi connectivity index (χ3n) is 4.77. The van der Waals surface area contributed by atoms with Gasteiger partial charge in [-0.1, -0.05) is 25.1 Å². The first kappa shape index (κ1) is 21.5. The first-order valence-corrected chi connectivity index (χ1v) is 10.4. The van der Waals surface area contributed by atoms with Crippen LogP contribution in [0.2, 0.25) is 0 Å². The minimum atomic E-state index is -4.17. The molecule has 0 spiro atoms. The van der Waals surface area contributed by atoms with Crippen LogP contribution in [0.25, 0.3) is 0 Å². The lowest BCUT2D eigenvalue weighted by molar-refractivity contribution is -0.384. The highest BCUT2D eigenvalue weighted by Crippen LogP contribution is 2.52. The number of pyridine rings is 1. The second-order valence-electron chi connectivity index (χ2n) is 7.08. The lowest BCUT2D eigenvalue weighted by atomic mass is 9.96. The van der Waals surface area contributed by atoms with Gasteiger partial charge in [0.25, 0.3) is 10.0 Å². The van der Waals surface area contributed by atoms with Crippen molar-refractivity contribution in [3.05, 3.63) is 52.2 Å². The molecule has 0 saturated carbocycles. The molecule has 11 nitrogen and oxygen atoms in total. The number of nitrogens with zero attached hydrogens (tertiary/aromatic N) is 3. The van der Waals surface area contributed by atoms with Crippen LogP contribution in [-0.2, 0) is 19.7 Å². The van der Waals surface area contributed by atoms with Gasteiger partial charge in [0.05, 0.1) is 20.9 Å². The molecule has 2 N–H and O–H groups in total. The summed E-state index contributed by atoms with van der Waals surface area (Å²) in [6, 6.07) is 7.54. The van der Waals surface area contributed by atoms with Gasteiger partial charge in [0.15, 0.2) is 11.5 Å². The van der Waals surface area contributed by atoms with E-state index in [-0.39, 0.29) is 28.4 Å². The van der Waals surface area contributed by atoms with Gasteiger partial charge in [-0.2, -0.15) is 0 Å². The Kier molecular flexibility index (Phi) is 5.39. The fourth-order valence-corrected chi connectivity index (χ4v) is 5.02. The molecule has 0 amide bonds. The van der Waals surface area contributed by atoms with Gasteiger partial charge >= 0.3 is 11.7 Å². The Morgan fingerprint density at radius 2 is 2.00 bits per heavy atom. The Bertz CT molecular complexity index is 1100. The summed E-state index contributed by atoms with van der Waals surface area (Å²) >= 11 is 0. The number of carbonyl (C=O) groups is 1. The van der Waals surface area contributed by atoms with Gasteiger partial charge in [-0.05, 0) is 26.0 Å². The third kappa shape index (κ3) is 3.33. The fraction of sp³-hybridized carbons (Fsp3) is 0.333. The maximum atomic E-state index is 13.3. The van der Waals surface area contributed by atoms with Crippen LogP contribution < -0.4 is 9.79 Å². The molecule has 0 aliphatic carbocycles. The first-order chi connectivity index (χ1) is 14.0. The van der Waals surface area contributed by atoms with E-state index in [4.69, 9.17) is 4.84 Å². The van der Waals surface area contributed by atoms with Gasteiger partial charge in [0, 0.05) is 6.42 Å². The molecule has 3 rings (SSSR count). The molecule has 160 valence electrons. The van der Waals surface area contributed by atoms with Crippen LogP contribution in [-0.4, -0.2) is 34.9 Å². The number of fused-ring (bicyclic) bond motifs is 1. The van der Waals surface area contributed by atoms with Crippen molar-refractivity contribution >= 4 is 33.2 Å². The van der Waals surface area contributed by atoms with E-state index in [9.17, 15) is 28.4 Å². The third-order valence-corrected chi connectivity index (χ3v) is 6.76. The standard InChI is InChI=1S/C18H20N4O7S/c1-4-13(23)29-20-15-12(22(25)26)10-19-17-14(15)16(24)18(2,3)21(17)30(27,28)11-8-6-5-7-9-11/h5-10,16,24H,4H2,1-3H3,(H,19,20). The smallest absolute Gasteiger partial charge is 0.331 e. The number of sulfonamides is 1. The van der Waals surface area contributed by atoms with Crippen molar-refractivity contribution in [2.75, 3.05) is 9.79 Å². The van der Waals surface area contributed by atoms with Crippen LogP contribution in [0.5, 0.6) is 0 Å². The summed E-state index contributed by atoms with van der Waals surface area (Å²) in [5.74, 6) is -0.896. The van der Waals surface area contributed by atoms with Crippen LogP contribution in [0.15, 0.2) is 41.4 Å². The summed E-state index contributed by atoms with van der Waals surface area (Å²) < 4.78 is 27.6. The lowest BCUT2D eigenvalue weighted by Crippen LogP contribution is -2.47. The number of nitro groups is 1. The second kappa shape index (κ2) is 7.54. The molecule has 1 aromatic carbocycles. The van der Waals surface area contributed by atoms with Crippen LogP contribution in [0.1, 0.15) is 38.9 Å². The van der Waals surface area contributed by atoms with Crippen molar-refractivity contribution in [3.63, 3.8) is 0 Å². The molecular weight excluding hydrogens is 416 g/mol. The average molecular weight is 436 g/mol. The van der Waals surface area contributed by atoms with Gasteiger partial charge < -0.3 is 9.94 Å². The quantitative estimate of drug-likeness (QED) is 0.513. The molecular formula is C18H20N4O7S. The maximum Gasteiger partial charge on any atom is 0.331 e. The van der Waals surface area contributed by atoms with Gasteiger partial charge in [-0.25, -0.2) is 28.0 Å². The molecule has 1 aromatic heterocycles. The fourth-order valence-electron chi connectivity index (χ4n) is 3.21. The Labute approximate surface area is 172 Å². The number of hydrogen-bond acceptors (Lipinski definition) is 9. The predicted octanol–water partition coefficient (Wildman–Crippen LogP) is 2.29. The zero-order chi connectivity index (χ0) is 22.3. The number of aromatic nitrogens is 1. The molecule has 1 aliphatic heterocycles. The number of carbonyl (C=O) groups excluding carboxylic acids is 1. The number of nitrogens with one attached hydrogen (secondary N) is 1. The van der Waals surface area contributed by atoms with E-state index < -0.39 is 38.2 Å². The van der Waals surface area contributed by atoms with E-state index >= 15 is 0 Å². The largest absolute Gasteiger partial charge is 0.386 e. The summed E-state index contributed by atoms with van der Waals surface area (Å²) in [5, 5.41) is 22.4. The van der Waals surface area contributed by atoms with E-state index in [1.165, 1.54) is 32.9 Å². The van der Waals surface area contributed by atoms with Crippen molar-refractivity contribution in [2.24, 2.45) is 0 Å². The normalized spacial score (nSPS) is 17.3. The highest BCUT2D eigenvalue weighted by Gasteiger charge is 2.53. The molecule has 1 aliphatic rings. The lowest BCUT2D eigenvalue weighted by Gasteiger charge is -2.34. The Morgan fingerprint density at radius 1 is 1.37 bits per heavy atom. The number of aliphatic hydroxyl groups is 1. The SMILES string of the molecule is CCC(=O)ONc1c([N+](=O)[O-])cnc2c1C(O)C(C)(C)N2S(=O)(=O)c1ccccc1. The number of hydrogen-bond donors (Lipinski definition) is 2. The van der Waals surface area contributed by atoms with Gasteiger partial charge in [0.1, 0.15) is 12.3 Å². The molecule has 1 unspecified atom stereocenters. The minimum absolute atomic E-state index is 0.00334. The topological polar surface area (TPSA) is 152 Å². The Morgan fingerprint density at radius 3 is 2.57 bits per heavy atom. The van der Waals surface area contributed by atoms with Crippen LogP contribution in [0, 0.1) is 10.1 Å². The molecule has 0 bridgehead atoms. The van der Waals surface area contributed by atoms with Gasteiger partial charge in [-0.15, -0.1) is 0 Å². The van der Waals surface area contributed by atoms with Gasteiger partial charge in [0.2, 0.25) is 0 Å². The summed E-state index contributed by atoms with van der Waals surface area (Å²) in [6.45, 7) is 4.46. The number of rotatable bonds is 6. The van der Waals surface area contributed by atoms with Crippen molar-refractivity contribution < 1.29 is 28.1 Å². The Hall–Kier alpha value is -3.25. The van der Waals surface area contributed by atoms with Crippen LogP contribution >= 0.6 is 0 Å². The second-order valence-corrected chi connectivity index (χ2v) is 8.87. The van der Waals surface area contributed by atoms with E-state index in [2.05, 4.69) is 10.5 Å². The summed E-state index contributed by atoms with van der Waals surface area (Å²) in [4.78, 5) is 31.0. The molecule has 30 heavy (non-hydrogen) atoms. The molecule has 2 aromatic rings. The van der Waals surface area contributed by atoms with Crippen molar-refractivity contribution in [2.45, 2.75) is 43.7 Å². The monoisotopic (exact) mass is 436 g/mol. The van der Waals surface area contributed by atoms with Crippen molar-refractivity contribution in [1.82, 2.24) is 4.98 Å². The zero-order valence-electron chi connectivity index (χ0n) is 16.4. The van der Waals surface area contributed by atoms with Crippen LogP contribution in [0.3, 0.4) is 0 Å². The molecule has 0 fully saturated rings. The van der Waals surface area contributed by atoms with Crippen LogP contribution in [0.4, 0.5) is 17.2 Å². The van der Waals surface area contributed by atoms with Gasteiger partial charge in [-0.3, -0.25) is 10.1 Å². The highest BCUT2D eigenvalue weighted by molar-refractivity contribution is 7.93. The molecule has 2 heterocycles. The van der Waals surface area contributed by atoms with E-state index in [1.54, 1.807) is 18.2 Å². The molecule has 0 radical (unpaired) electrons. The van der Waals surface area contributed by atoms with E-state index in [0.717, 1.165) is 10.5 Å². The molecule has 0 saturated heterocycles.